The van der Waals surface area contributed by atoms with Crippen LogP contribution in [0.4, 0.5) is 4.79 Å². The maximum Gasteiger partial charge on any atom is 0.312 e. The van der Waals surface area contributed by atoms with E-state index >= 15 is 0 Å². The maximum absolute atomic E-state index is 11.4. The van der Waals surface area contributed by atoms with Crippen LogP contribution >= 0.6 is 0 Å². The first-order chi connectivity index (χ1) is 7.20. The average molecular weight is 216 g/mol. The number of nitrogens with one attached hydrogen (secondary N) is 3. The summed E-state index contributed by atoms with van der Waals surface area (Å²) in [6, 6.07) is -0.893. The minimum atomic E-state index is -0.594. The normalized spacial score (nSPS) is 20.7. The van der Waals surface area contributed by atoms with Gasteiger partial charge in [0.2, 0.25) is 5.91 Å². The lowest BCUT2D eigenvalue weighted by Crippen LogP contribution is -2.52. The van der Waals surface area contributed by atoms with Crippen LogP contribution < -0.4 is 21.7 Å². The Kier molecular flexibility index (Phi) is 4.85. The van der Waals surface area contributed by atoms with Gasteiger partial charge in [0.1, 0.15) is 6.04 Å². The highest BCUT2D eigenvalue weighted by atomic mass is 16.5. The molecule has 86 valence electrons. The molecular weight excluding hydrogens is 200 g/mol. The molecule has 1 unspecified atom stereocenters. The maximum atomic E-state index is 11.4. The van der Waals surface area contributed by atoms with Gasteiger partial charge in [-0.05, 0) is 0 Å². The van der Waals surface area contributed by atoms with Crippen molar-refractivity contribution in [1.29, 1.82) is 0 Å². The van der Waals surface area contributed by atoms with Gasteiger partial charge in [0, 0.05) is 19.6 Å². The number of nitrogens with two attached hydrogens (primary N) is 1. The Morgan fingerprint density at radius 2 is 2.13 bits per heavy atom. The molecule has 1 heterocycles. The van der Waals surface area contributed by atoms with Gasteiger partial charge in [-0.25, -0.2) is 4.79 Å². The molecule has 0 aromatic carbocycles. The lowest BCUT2D eigenvalue weighted by Gasteiger charge is -2.22. The third-order valence-corrected chi connectivity index (χ3v) is 1.96. The van der Waals surface area contributed by atoms with E-state index in [1.165, 1.54) is 0 Å². The second-order valence-corrected chi connectivity index (χ2v) is 3.16. The molecule has 0 aliphatic carbocycles. The second kappa shape index (κ2) is 6.20. The molecule has 0 aromatic rings. The van der Waals surface area contributed by atoms with Crippen molar-refractivity contribution < 1.29 is 14.3 Å². The third-order valence-electron chi connectivity index (χ3n) is 1.96. The van der Waals surface area contributed by atoms with Gasteiger partial charge in [-0.3, -0.25) is 4.79 Å². The average Bonchev–Trinajstić information content (AvgIpc) is 2.25. The highest BCUT2D eigenvalue weighted by Crippen LogP contribution is 1.92. The first-order valence-electron chi connectivity index (χ1n) is 4.82. The van der Waals surface area contributed by atoms with E-state index in [-0.39, 0.29) is 11.9 Å². The quantitative estimate of drug-likeness (QED) is 0.399. The topological polar surface area (TPSA) is 105 Å². The Balaban J connectivity index is 2.09. The zero-order valence-corrected chi connectivity index (χ0v) is 8.41. The minimum absolute atomic E-state index is 0.124. The second-order valence-electron chi connectivity index (χ2n) is 3.16. The number of carbonyl (C=O) groups is 2. The van der Waals surface area contributed by atoms with Crippen molar-refractivity contribution in [2.24, 2.45) is 5.73 Å². The number of ether oxygens (including phenoxy) is 1. The van der Waals surface area contributed by atoms with Crippen LogP contribution in [0.3, 0.4) is 0 Å². The van der Waals surface area contributed by atoms with Crippen molar-refractivity contribution in [1.82, 2.24) is 16.0 Å². The van der Waals surface area contributed by atoms with E-state index in [4.69, 9.17) is 10.5 Å². The number of primary amides is 1. The number of urea groups is 1. The highest BCUT2D eigenvalue weighted by molar-refractivity contribution is 5.82. The molecule has 0 radical (unpaired) electrons. The molecule has 7 nitrogen and oxygen atoms in total. The molecule has 15 heavy (non-hydrogen) atoms. The number of amides is 3. The molecule has 3 amide bonds. The van der Waals surface area contributed by atoms with E-state index in [2.05, 4.69) is 16.0 Å². The Labute approximate surface area is 87.7 Å². The lowest BCUT2D eigenvalue weighted by molar-refractivity contribution is -0.125. The zero-order valence-electron chi connectivity index (χ0n) is 8.41. The summed E-state index contributed by atoms with van der Waals surface area (Å²) in [6.07, 6.45) is 0. The lowest BCUT2D eigenvalue weighted by atomic mass is 10.2. The molecule has 1 rings (SSSR count). The molecule has 5 N–H and O–H groups in total. The summed E-state index contributed by atoms with van der Waals surface area (Å²) in [5.74, 6) is -0.124. The van der Waals surface area contributed by atoms with E-state index < -0.39 is 6.03 Å². The Morgan fingerprint density at radius 3 is 2.73 bits per heavy atom. The molecule has 1 atom stereocenters. The van der Waals surface area contributed by atoms with Gasteiger partial charge < -0.3 is 26.4 Å². The Bertz CT molecular complexity index is 228. The van der Waals surface area contributed by atoms with Crippen molar-refractivity contribution in [2.45, 2.75) is 6.04 Å². The van der Waals surface area contributed by atoms with Crippen LogP contribution in [-0.2, 0) is 9.53 Å². The predicted molar refractivity (Wildman–Crippen MR) is 53.2 cm³/mol. The summed E-state index contributed by atoms with van der Waals surface area (Å²) in [7, 11) is 0. The Hall–Kier alpha value is -1.34. The summed E-state index contributed by atoms with van der Waals surface area (Å²) >= 11 is 0. The zero-order chi connectivity index (χ0) is 11.1. The van der Waals surface area contributed by atoms with Gasteiger partial charge in [-0.1, -0.05) is 0 Å². The van der Waals surface area contributed by atoms with Crippen molar-refractivity contribution in [3.05, 3.63) is 0 Å². The van der Waals surface area contributed by atoms with Gasteiger partial charge in [-0.15, -0.1) is 0 Å². The number of rotatable bonds is 4. The molecule has 1 fully saturated rings. The van der Waals surface area contributed by atoms with Gasteiger partial charge >= 0.3 is 6.03 Å². The number of hydrogen-bond donors (Lipinski definition) is 4. The fourth-order valence-corrected chi connectivity index (χ4v) is 1.23. The highest BCUT2D eigenvalue weighted by Gasteiger charge is 2.20. The van der Waals surface area contributed by atoms with Crippen molar-refractivity contribution in [3.63, 3.8) is 0 Å². The summed E-state index contributed by atoms with van der Waals surface area (Å²) < 4.78 is 5.13. The molecule has 0 bridgehead atoms. The molecule has 0 spiro atoms. The van der Waals surface area contributed by atoms with Crippen LogP contribution in [0.5, 0.6) is 0 Å². The van der Waals surface area contributed by atoms with Crippen molar-refractivity contribution >= 4 is 11.9 Å². The van der Waals surface area contributed by atoms with Crippen LogP contribution in [0.1, 0.15) is 0 Å². The predicted octanol–water partition coefficient (Wildman–Crippen LogP) is -2.24. The van der Waals surface area contributed by atoms with Crippen LogP contribution in [0.25, 0.3) is 0 Å². The van der Waals surface area contributed by atoms with Crippen molar-refractivity contribution in [3.8, 4) is 0 Å². The molecule has 1 aliphatic heterocycles. The summed E-state index contributed by atoms with van der Waals surface area (Å²) in [5.41, 5.74) is 4.86. The Morgan fingerprint density at radius 1 is 1.40 bits per heavy atom. The summed E-state index contributed by atoms with van der Waals surface area (Å²) in [5, 5.41) is 8.05. The number of morpholine rings is 1. The molecule has 0 saturated carbocycles. The molecule has 1 saturated heterocycles. The van der Waals surface area contributed by atoms with Crippen LogP contribution in [-0.4, -0.2) is 50.8 Å². The SMILES string of the molecule is NC(=O)NCCNC(=O)C1COCCN1. The van der Waals surface area contributed by atoms with E-state index in [1.807, 2.05) is 0 Å². The number of carbonyl (C=O) groups excluding carboxylic acids is 2. The molecule has 1 aliphatic rings. The molecule has 7 heteroatoms. The van der Waals surface area contributed by atoms with E-state index in [9.17, 15) is 9.59 Å². The van der Waals surface area contributed by atoms with E-state index in [0.29, 0.717) is 32.8 Å². The van der Waals surface area contributed by atoms with Crippen LogP contribution in [0, 0.1) is 0 Å². The summed E-state index contributed by atoms with van der Waals surface area (Å²) in [4.78, 5) is 21.8. The minimum Gasteiger partial charge on any atom is -0.378 e. The van der Waals surface area contributed by atoms with Gasteiger partial charge in [0.05, 0.1) is 13.2 Å². The van der Waals surface area contributed by atoms with Crippen LogP contribution in [0.15, 0.2) is 0 Å². The fraction of sp³-hybridized carbons (Fsp3) is 0.750. The first-order valence-corrected chi connectivity index (χ1v) is 4.82. The summed E-state index contributed by atoms with van der Waals surface area (Å²) in [6.45, 7) is 2.38. The standard InChI is InChI=1S/C8H16N4O3/c9-8(14)12-2-1-11-7(13)6-5-15-4-3-10-6/h6,10H,1-5H2,(H,11,13)(H3,9,12,14). The third kappa shape index (κ3) is 4.61. The van der Waals surface area contributed by atoms with Gasteiger partial charge in [0.25, 0.3) is 0 Å². The first kappa shape index (κ1) is 11.7. The van der Waals surface area contributed by atoms with Crippen molar-refractivity contribution in [2.75, 3.05) is 32.8 Å². The van der Waals surface area contributed by atoms with Gasteiger partial charge in [-0.2, -0.15) is 0 Å². The largest absolute Gasteiger partial charge is 0.378 e. The fourth-order valence-electron chi connectivity index (χ4n) is 1.23. The van der Waals surface area contributed by atoms with E-state index in [0.717, 1.165) is 0 Å². The smallest absolute Gasteiger partial charge is 0.312 e. The van der Waals surface area contributed by atoms with Gasteiger partial charge in [0.15, 0.2) is 0 Å². The monoisotopic (exact) mass is 216 g/mol. The molecular formula is C8H16N4O3. The molecule has 0 aromatic heterocycles. The number of hydrogen-bond acceptors (Lipinski definition) is 4. The van der Waals surface area contributed by atoms with Crippen LogP contribution in [0.2, 0.25) is 0 Å². The van der Waals surface area contributed by atoms with E-state index in [1.54, 1.807) is 0 Å².